The van der Waals surface area contributed by atoms with E-state index in [1.54, 1.807) is 13.8 Å². The van der Waals surface area contributed by atoms with Crippen molar-refractivity contribution >= 4 is 17.8 Å². The quantitative estimate of drug-likeness (QED) is 0.657. The third-order valence-corrected chi connectivity index (χ3v) is 5.45. The van der Waals surface area contributed by atoms with Crippen LogP contribution in [0.4, 0.5) is 4.79 Å². The SMILES string of the molecule is CCOc1cc2c(cc1OCC)CN(C(=O)CCCN1C(=O)NC(C)(C)C1=O)CC2. The summed E-state index contributed by atoms with van der Waals surface area (Å²) in [5.74, 6) is 1.22. The summed E-state index contributed by atoms with van der Waals surface area (Å²) >= 11 is 0. The zero-order chi connectivity index (χ0) is 21.9. The van der Waals surface area contributed by atoms with Crippen molar-refractivity contribution in [3.05, 3.63) is 23.3 Å². The fourth-order valence-corrected chi connectivity index (χ4v) is 3.88. The first-order valence-electron chi connectivity index (χ1n) is 10.6. The molecule has 0 aliphatic carbocycles. The molecule has 0 radical (unpaired) electrons. The van der Waals surface area contributed by atoms with Gasteiger partial charge in [-0.05, 0) is 63.8 Å². The van der Waals surface area contributed by atoms with Crippen molar-refractivity contribution in [2.75, 3.05) is 26.3 Å². The van der Waals surface area contributed by atoms with Crippen molar-refractivity contribution in [1.29, 1.82) is 0 Å². The van der Waals surface area contributed by atoms with E-state index in [4.69, 9.17) is 9.47 Å². The molecule has 0 atom stereocenters. The number of imide groups is 1. The molecular formula is C22H31N3O5. The molecule has 30 heavy (non-hydrogen) atoms. The lowest BCUT2D eigenvalue weighted by atomic mass is 9.98. The van der Waals surface area contributed by atoms with Crippen molar-refractivity contribution in [3.63, 3.8) is 0 Å². The van der Waals surface area contributed by atoms with Crippen LogP contribution >= 0.6 is 0 Å². The molecule has 2 heterocycles. The van der Waals surface area contributed by atoms with Gasteiger partial charge in [0.1, 0.15) is 5.54 Å². The first kappa shape index (κ1) is 21.9. The van der Waals surface area contributed by atoms with Gasteiger partial charge in [0.25, 0.3) is 5.91 Å². The molecule has 0 bridgehead atoms. The van der Waals surface area contributed by atoms with E-state index in [9.17, 15) is 14.4 Å². The van der Waals surface area contributed by atoms with Crippen LogP contribution in [-0.2, 0) is 22.6 Å². The Bertz CT molecular complexity index is 836. The van der Waals surface area contributed by atoms with Crippen molar-refractivity contribution in [2.45, 2.75) is 59.0 Å². The van der Waals surface area contributed by atoms with Crippen LogP contribution in [0.2, 0.25) is 0 Å². The van der Waals surface area contributed by atoms with Crippen LogP contribution in [0.5, 0.6) is 11.5 Å². The van der Waals surface area contributed by atoms with Gasteiger partial charge in [0.05, 0.1) is 13.2 Å². The number of benzene rings is 1. The first-order chi connectivity index (χ1) is 14.3. The summed E-state index contributed by atoms with van der Waals surface area (Å²) in [5, 5.41) is 2.65. The fraction of sp³-hybridized carbons (Fsp3) is 0.591. The minimum atomic E-state index is -0.879. The number of hydrogen-bond donors (Lipinski definition) is 1. The Labute approximate surface area is 177 Å². The lowest BCUT2D eigenvalue weighted by Crippen LogP contribution is -2.40. The third kappa shape index (κ3) is 4.52. The second-order valence-corrected chi connectivity index (χ2v) is 8.11. The van der Waals surface area contributed by atoms with E-state index in [0.717, 1.165) is 17.7 Å². The third-order valence-electron chi connectivity index (χ3n) is 5.45. The molecule has 0 spiro atoms. The Morgan fingerprint density at radius 1 is 1.10 bits per heavy atom. The Kier molecular flexibility index (Phi) is 6.53. The Hall–Kier alpha value is -2.77. The molecule has 0 saturated carbocycles. The van der Waals surface area contributed by atoms with E-state index >= 15 is 0 Å². The Morgan fingerprint density at radius 2 is 1.73 bits per heavy atom. The number of carbonyl (C=O) groups excluding carboxylic acids is 3. The molecule has 164 valence electrons. The number of ether oxygens (including phenoxy) is 2. The predicted octanol–water partition coefficient (Wildman–Crippen LogP) is 2.48. The molecule has 0 aromatic heterocycles. The van der Waals surface area contributed by atoms with Crippen molar-refractivity contribution in [3.8, 4) is 11.5 Å². The Morgan fingerprint density at radius 3 is 2.30 bits per heavy atom. The summed E-state index contributed by atoms with van der Waals surface area (Å²) in [7, 11) is 0. The van der Waals surface area contributed by atoms with E-state index < -0.39 is 11.6 Å². The van der Waals surface area contributed by atoms with Crippen molar-refractivity contribution < 1.29 is 23.9 Å². The standard InChI is InChI=1S/C22H31N3O5/c1-5-29-17-12-15-9-11-24(14-16(15)13-18(17)30-6-2)19(26)8-7-10-25-20(27)22(3,4)23-21(25)28/h12-13H,5-11,14H2,1-4H3,(H,23,28). The number of amides is 4. The normalized spacial score (nSPS) is 17.6. The number of hydrogen-bond acceptors (Lipinski definition) is 5. The van der Waals surface area contributed by atoms with Crippen LogP contribution in [0.3, 0.4) is 0 Å². The average molecular weight is 418 g/mol. The van der Waals surface area contributed by atoms with E-state index in [1.807, 2.05) is 30.9 Å². The number of carbonyl (C=O) groups is 3. The smallest absolute Gasteiger partial charge is 0.325 e. The van der Waals surface area contributed by atoms with Crippen LogP contribution < -0.4 is 14.8 Å². The second kappa shape index (κ2) is 8.93. The summed E-state index contributed by atoms with van der Waals surface area (Å²) in [4.78, 5) is 39.9. The fourth-order valence-electron chi connectivity index (χ4n) is 3.88. The van der Waals surface area contributed by atoms with Gasteiger partial charge >= 0.3 is 6.03 Å². The zero-order valence-electron chi connectivity index (χ0n) is 18.2. The molecule has 8 heteroatoms. The molecule has 1 aromatic carbocycles. The molecule has 1 aromatic rings. The highest BCUT2D eigenvalue weighted by Gasteiger charge is 2.43. The molecule has 8 nitrogen and oxygen atoms in total. The maximum atomic E-state index is 12.7. The molecule has 3 rings (SSSR count). The first-order valence-corrected chi connectivity index (χ1v) is 10.6. The lowest BCUT2D eigenvalue weighted by molar-refractivity contribution is -0.133. The highest BCUT2D eigenvalue weighted by molar-refractivity contribution is 6.06. The molecule has 1 N–H and O–H groups in total. The number of rotatable bonds is 8. The Balaban J connectivity index is 1.58. The van der Waals surface area contributed by atoms with Crippen LogP contribution in [-0.4, -0.2) is 59.5 Å². The van der Waals surface area contributed by atoms with E-state index in [-0.39, 0.29) is 18.4 Å². The molecule has 1 saturated heterocycles. The van der Waals surface area contributed by atoms with E-state index in [1.165, 1.54) is 10.5 Å². The number of nitrogens with one attached hydrogen (secondary N) is 1. The molecule has 1 fully saturated rings. The predicted molar refractivity (Wildman–Crippen MR) is 111 cm³/mol. The van der Waals surface area contributed by atoms with E-state index in [2.05, 4.69) is 5.32 Å². The van der Waals surface area contributed by atoms with Gasteiger partial charge in [0.2, 0.25) is 5.91 Å². The molecular weight excluding hydrogens is 386 g/mol. The minimum Gasteiger partial charge on any atom is -0.490 e. The van der Waals surface area contributed by atoms with Gasteiger partial charge in [-0.25, -0.2) is 4.79 Å². The van der Waals surface area contributed by atoms with Gasteiger partial charge < -0.3 is 19.7 Å². The minimum absolute atomic E-state index is 0.0267. The molecule has 0 unspecified atom stereocenters. The molecule has 2 aliphatic heterocycles. The van der Waals surface area contributed by atoms with Crippen LogP contribution in [0.25, 0.3) is 0 Å². The van der Waals surface area contributed by atoms with Gasteiger partial charge in [-0.1, -0.05) is 0 Å². The van der Waals surface area contributed by atoms with Gasteiger partial charge in [-0.15, -0.1) is 0 Å². The topological polar surface area (TPSA) is 88.2 Å². The monoisotopic (exact) mass is 417 g/mol. The highest BCUT2D eigenvalue weighted by Crippen LogP contribution is 2.34. The summed E-state index contributed by atoms with van der Waals surface area (Å²) in [6.07, 6.45) is 1.50. The van der Waals surface area contributed by atoms with Gasteiger partial charge in [0.15, 0.2) is 11.5 Å². The van der Waals surface area contributed by atoms with Crippen molar-refractivity contribution in [1.82, 2.24) is 15.1 Å². The van der Waals surface area contributed by atoms with Crippen LogP contribution in [0, 0.1) is 0 Å². The largest absolute Gasteiger partial charge is 0.490 e. The van der Waals surface area contributed by atoms with Gasteiger partial charge in [-0.3, -0.25) is 14.5 Å². The highest BCUT2D eigenvalue weighted by atomic mass is 16.5. The zero-order valence-corrected chi connectivity index (χ0v) is 18.2. The number of urea groups is 1. The van der Waals surface area contributed by atoms with E-state index in [0.29, 0.717) is 44.9 Å². The van der Waals surface area contributed by atoms with Crippen LogP contribution in [0.15, 0.2) is 12.1 Å². The summed E-state index contributed by atoms with van der Waals surface area (Å²) < 4.78 is 11.4. The summed E-state index contributed by atoms with van der Waals surface area (Å²) in [6.45, 7) is 9.75. The maximum absolute atomic E-state index is 12.7. The van der Waals surface area contributed by atoms with Gasteiger partial charge in [0, 0.05) is 26.1 Å². The second-order valence-electron chi connectivity index (χ2n) is 8.11. The van der Waals surface area contributed by atoms with Crippen LogP contribution in [0.1, 0.15) is 51.7 Å². The average Bonchev–Trinajstić information content (AvgIpc) is 2.89. The summed E-state index contributed by atoms with van der Waals surface area (Å²) in [5.41, 5.74) is 1.36. The summed E-state index contributed by atoms with van der Waals surface area (Å²) in [6, 6.07) is 3.60. The number of nitrogens with zero attached hydrogens (tertiary/aromatic N) is 2. The molecule has 2 aliphatic rings. The van der Waals surface area contributed by atoms with Crippen molar-refractivity contribution in [2.24, 2.45) is 0 Å². The number of fused-ring (bicyclic) bond motifs is 1. The van der Waals surface area contributed by atoms with Gasteiger partial charge in [-0.2, -0.15) is 0 Å². The maximum Gasteiger partial charge on any atom is 0.325 e. The molecule has 4 amide bonds. The lowest BCUT2D eigenvalue weighted by Gasteiger charge is -2.30.